The summed E-state index contributed by atoms with van der Waals surface area (Å²) in [6.07, 6.45) is 1.75. The molecule has 126 valence electrons. The molecule has 0 saturated carbocycles. The highest BCUT2D eigenvalue weighted by Gasteiger charge is 2.36. The van der Waals surface area contributed by atoms with Crippen molar-refractivity contribution in [2.45, 2.75) is 38.8 Å². The first-order valence-electron chi connectivity index (χ1n) is 8.10. The molecule has 0 bridgehead atoms. The van der Waals surface area contributed by atoms with E-state index in [0.29, 0.717) is 12.4 Å². The number of carbonyl (C=O) groups excluding carboxylic acids is 2. The molecule has 1 N–H and O–H groups in total. The first-order valence-corrected chi connectivity index (χ1v) is 8.10. The van der Waals surface area contributed by atoms with Gasteiger partial charge in [0.1, 0.15) is 6.04 Å². The number of hydrogen-bond donors (Lipinski definition) is 1. The van der Waals surface area contributed by atoms with Gasteiger partial charge in [0.05, 0.1) is 0 Å². The molecule has 1 aliphatic heterocycles. The van der Waals surface area contributed by atoms with E-state index in [0.717, 1.165) is 18.4 Å². The third kappa shape index (κ3) is 3.15. The summed E-state index contributed by atoms with van der Waals surface area (Å²) in [4.78, 5) is 30.5. The van der Waals surface area contributed by atoms with E-state index in [-0.39, 0.29) is 17.8 Å². The van der Waals surface area contributed by atoms with E-state index in [9.17, 15) is 9.59 Å². The van der Waals surface area contributed by atoms with Crippen LogP contribution in [0.25, 0.3) is 11.4 Å². The van der Waals surface area contributed by atoms with Gasteiger partial charge in [-0.05, 0) is 13.3 Å². The Kier molecular flexibility index (Phi) is 4.59. The highest BCUT2D eigenvalue weighted by molar-refractivity contribution is 5.95. The fourth-order valence-electron chi connectivity index (χ4n) is 2.81. The lowest BCUT2D eigenvalue weighted by Crippen LogP contribution is -2.60. The van der Waals surface area contributed by atoms with E-state index in [2.05, 4.69) is 15.5 Å². The van der Waals surface area contributed by atoms with E-state index in [1.165, 1.54) is 4.90 Å². The van der Waals surface area contributed by atoms with Gasteiger partial charge in [-0.2, -0.15) is 4.98 Å². The van der Waals surface area contributed by atoms with E-state index in [1.807, 2.05) is 37.3 Å². The van der Waals surface area contributed by atoms with Crippen molar-refractivity contribution in [3.05, 3.63) is 36.2 Å². The number of benzene rings is 1. The Bertz CT molecular complexity index is 728. The average Bonchev–Trinajstić information content (AvgIpc) is 3.08. The molecule has 7 heteroatoms. The molecule has 2 heterocycles. The first kappa shape index (κ1) is 16.2. The number of rotatable bonds is 4. The Morgan fingerprint density at radius 3 is 2.83 bits per heavy atom. The summed E-state index contributed by atoms with van der Waals surface area (Å²) < 4.78 is 5.13. The SMILES string of the molecule is CCCC1CN(C(=O)c2nc(-c3ccccc3)no2)C(C)C(=O)N1. The Hall–Kier alpha value is -2.70. The highest BCUT2D eigenvalue weighted by atomic mass is 16.5. The number of carbonyl (C=O) groups is 2. The van der Waals surface area contributed by atoms with E-state index in [1.54, 1.807) is 6.92 Å². The Balaban J connectivity index is 1.80. The van der Waals surface area contributed by atoms with Crippen molar-refractivity contribution in [2.75, 3.05) is 6.54 Å². The van der Waals surface area contributed by atoms with Gasteiger partial charge in [-0.15, -0.1) is 0 Å². The fraction of sp³-hybridized carbons (Fsp3) is 0.412. The maximum atomic E-state index is 12.7. The smallest absolute Gasteiger partial charge is 0.316 e. The molecule has 7 nitrogen and oxygen atoms in total. The third-order valence-electron chi connectivity index (χ3n) is 4.15. The summed E-state index contributed by atoms with van der Waals surface area (Å²) in [7, 11) is 0. The molecule has 0 radical (unpaired) electrons. The zero-order chi connectivity index (χ0) is 17.1. The van der Waals surface area contributed by atoms with Gasteiger partial charge in [-0.3, -0.25) is 9.59 Å². The summed E-state index contributed by atoms with van der Waals surface area (Å²) in [5, 5.41) is 6.80. The van der Waals surface area contributed by atoms with E-state index >= 15 is 0 Å². The van der Waals surface area contributed by atoms with Crippen molar-refractivity contribution < 1.29 is 14.1 Å². The van der Waals surface area contributed by atoms with Crippen LogP contribution >= 0.6 is 0 Å². The van der Waals surface area contributed by atoms with Crippen LogP contribution in [0.5, 0.6) is 0 Å². The Morgan fingerprint density at radius 2 is 2.12 bits per heavy atom. The van der Waals surface area contributed by atoms with Gasteiger partial charge in [-0.1, -0.05) is 48.8 Å². The predicted molar refractivity (Wildman–Crippen MR) is 87.1 cm³/mol. The van der Waals surface area contributed by atoms with Gasteiger partial charge in [0.25, 0.3) is 0 Å². The predicted octanol–water partition coefficient (Wildman–Crippen LogP) is 1.87. The van der Waals surface area contributed by atoms with E-state index < -0.39 is 11.9 Å². The molecule has 1 aromatic carbocycles. The minimum Gasteiger partial charge on any atom is -0.350 e. The molecule has 0 spiro atoms. The lowest BCUT2D eigenvalue weighted by Gasteiger charge is -2.37. The second-order valence-corrected chi connectivity index (χ2v) is 5.92. The van der Waals surface area contributed by atoms with Gasteiger partial charge in [0.2, 0.25) is 11.7 Å². The monoisotopic (exact) mass is 328 g/mol. The topological polar surface area (TPSA) is 88.3 Å². The van der Waals surface area contributed by atoms with Crippen LogP contribution in [0.1, 0.15) is 37.4 Å². The van der Waals surface area contributed by atoms with Crippen LogP contribution in [0.3, 0.4) is 0 Å². The quantitative estimate of drug-likeness (QED) is 0.925. The Morgan fingerprint density at radius 1 is 1.38 bits per heavy atom. The zero-order valence-corrected chi connectivity index (χ0v) is 13.7. The molecule has 1 aliphatic rings. The normalized spacial score (nSPS) is 20.8. The van der Waals surface area contributed by atoms with Crippen LogP contribution in [-0.2, 0) is 4.79 Å². The van der Waals surface area contributed by atoms with Crippen molar-refractivity contribution >= 4 is 11.8 Å². The lowest BCUT2D eigenvalue weighted by molar-refractivity contribution is -0.128. The number of hydrogen-bond acceptors (Lipinski definition) is 5. The minimum atomic E-state index is -0.558. The lowest BCUT2D eigenvalue weighted by atomic mass is 10.1. The van der Waals surface area contributed by atoms with Crippen LogP contribution in [0.15, 0.2) is 34.9 Å². The first-order chi connectivity index (χ1) is 11.6. The maximum absolute atomic E-state index is 12.7. The van der Waals surface area contributed by atoms with Gasteiger partial charge in [0, 0.05) is 18.2 Å². The zero-order valence-electron chi connectivity index (χ0n) is 13.7. The van der Waals surface area contributed by atoms with Crippen LogP contribution in [-0.4, -0.2) is 45.5 Å². The van der Waals surface area contributed by atoms with Crippen LogP contribution in [0.4, 0.5) is 0 Å². The summed E-state index contributed by atoms with van der Waals surface area (Å²) in [6.45, 7) is 4.19. The highest BCUT2D eigenvalue weighted by Crippen LogP contribution is 2.18. The van der Waals surface area contributed by atoms with Gasteiger partial charge < -0.3 is 14.7 Å². The number of aromatic nitrogens is 2. The standard InChI is InChI=1S/C17H20N4O3/c1-3-7-13-10-21(11(2)15(22)18-13)17(23)16-19-14(20-24-16)12-8-5-4-6-9-12/h4-6,8-9,11,13H,3,7,10H2,1-2H3,(H,18,22). The molecule has 3 rings (SSSR count). The van der Waals surface area contributed by atoms with Crippen molar-refractivity contribution in [1.29, 1.82) is 0 Å². The second-order valence-electron chi connectivity index (χ2n) is 5.92. The van der Waals surface area contributed by atoms with Crippen molar-refractivity contribution in [3.63, 3.8) is 0 Å². The summed E-state index contributed by atoms with van der Waals surface area (Å²) in [6, 6.07) is 8.69. The van der Waals surface area contributed by atoms with Gasteiger partial charge in [-0.25, -0.2) is 0 Å². The molecule has 2 aromatic rings. The molecular weight excluding hydrogens is 308 g/mol. The number of nitrogens with zero attached hydrogens (tertiary/aromatic N) is 3. The van der Waals surface area contributed by atoms with E-state index in [4.69, 9.17) is 4.52 Å². The molecule has 2 amide bonds. The van der Waals surface area contributed by atoms with Crippen molar-refractivity contribution in [2.24, 2.45) is 0 Å². The molecule has 24 heavy (non-hydrogen) atoms. The number of piperazine rings is 1. The van der Waals surface area contributed by atoms with Crippen LogP contribution in [0.2, 0.25) is 0 Å². The van der Waals surface area contributed by atoms with Crippen molar-refractivity contribution in [3.8, 4) is 11.4 Å². The second kappa shape index (κ2) is 6.82. The molecule has 1 fully saturated rings. The largest absolute Gasteiger partial charge is 0.350 e. The van der Waals surface area contributed by atoms with Gasteiger partial charge >= 0.3 is 11.8 Å². The van der Waals surface area contributed by atoms with Crippen LogP contribution in [0, 0.1) is 0 Å². The molecule has 2 atom stereocenters. The summed E-state index contributed by atoms with van der Waals surface area (Å²) in [5.41, 5.74) is 0.772. The third-order valence-corrected chi connectivity index (χ3v) is 4.15. The molecule has 0 aliphatic carbocycles. The number of nitrogens with one attached hydrogen (secondary N) is 1. The average molecular weight is 328 g/mol. The molecule has 2 unspecified atom stereocenters. The van der Waals surface area contributed by atoms with Gasteiger partial charge in [0.15, 0.2) is 0 Å². The molecule has 1 saturated heterocycles. The number of amides is 2. The Labute approximate surface area is 140 Å². The van der Waals surface area contributed by atoms with Crippen LogP contribution < -0.4 is 5.32 Å². The van der Waals surface area contributed by atoms with Crippen molar-refractivity contribution in [1.82, 2.24) is 20.4 Å². The summed E-state index contributed by atoms with van der Waals surface area (Å²) >= 11 is 0. The fourth-order valence-corrected chi connectivity index (χ4v) is 2.81. The molecular formula is C17H20N4O3. The maximum Gasteiger partial charge on any atom is 0.316 e. The molecule has 1 aromatic heterocycles. The summed E-state index contributed by atoms with van der Waals surface area (Å²) in [5.74, 6) is -0.298. The minimum absolute atomic E-state index is 0.0424.